The van der Waals surface area contributed by atoms with Gasteiger partial charge in [0.25, 0.3) is 0 Å². The lowest BCUT2D eigenvalue weighted by Gasteiger charge is -2.39. The summed E-state index contributed by atoms with van der Waals surface area (Å²) in [4.78, 5) is 0.320. The summed E-state index contributed by atoms with van der Waals surface area (Å²) < 4.78 is 43.4. The molecule has 0 amide bonds. The summed E-state index contributed by atoms with van der Waals surface area (Å²) in [5, 5.41) is -0.582. The molecule has 7 heteroatoms. The van der Waals surface area contributed by atoms with Crippen molar-refractivity contribution in [1.82, 2.24) is 0 Å². The average Bonchev–Trinajstić information content (AvgIpc) is 2.57. The summed E-state index contributed by atoms with van der Waals surface area (Å²) in [5.41, 5.74) is 0. The van der Waals surface area contributed by atoms with Crippen LogP contribution in [-0.2, 0) is 23.7 Å². The molecule has 156 valence electrons. The van der Waals surface area contributed by atoms with Crippen molar-refractivity contribution in [3.05, 3.63) is 30.3 Å². The molecular weight excluding hydrogens is 380 g/mol. The molecule has 2 atom stereocenters. The molecule has 0 spiro atoms. The van der Waals surface area contributed by atoms with Crippen LogP contribution in [0.5, 0.6) is 0 Å². The van der Waals surface area contributed by atoms with E-state index in [1.807, 2.05) is 13.0 Å². The van der Waals surface area contributed by atoms with Gasteiger partial charge in [-0.05, 0) is 43.6 Å². The van der Waals surface area contributed by atoms with Crippen LogP contribution in [0.1, 0.15) is 40.5 Å². The van der Waals surface area contributed by atoms with Gasteiger partial charge >= 0.3 is 0 Å². The number of hydrogen-bond donors (Lipinski definition) is 0. The summed E-state index contributed by atoms with van der Waals surface area (Å²) >= 11 is 0. The summed E-state index contributed by atoms with van der Waals surface area (Å²) in [6.45, 7) is 12.8. The van der Waals surface area contributed by atoms with E-state index in [0.29, 0.717) is 11.3 Å². The lowest BCUT2D eigenvalue weighted by atomic mass is 10.1. The van der Waals surface area contributed by atoms with Crippen molar-refractivity contribution in [3.8, 4) is 0 Å². The van der Waals surface area contributed by atoms with Gasteiger partial charge in [-0.3, -0.25) is 0 Å². The summed E-state index contributed by atoms with van der Waals surface area (Å²) in [6.07, 6.45) is -0.0974. The van der Waals surface area contributed by atoms with Crippen LogP contribution in [0.3, 0.4) is 0 Å². The molecule has 0 aliphatic heterocycles. The Labute approximate surface area is 166 Å². The van der Waals surface area contributed by atoms with Crippen LogP contribution in [0.15, 0.2) is 35.2 Å². The summed E-state index contributed by atoms with van der Waals surface area (Å²) in [7, 11) is -2.47. The van der Waals surface area contributed by atoms with Gasteiger partial charge in [-0.15, -0.1) is 0 Å². The third-order valence-corrected chi connectivity index (χ3v) is 12.2. The Morgan fingerprint density at radius 2 is 1.52 bits per heavy atom. The van der Waals surface area contributed by atoms with E-state index in [9.17, 15) is 8.42 Å². The van der Waals surface area contributed by atoms with E-state index in [0.717, 1.165) is 0 Å². The number of hydrogen-bond acceptors (Lipinski definition) is 5. The van der Waals surface area contributed by atoms with Crippen LogP contribution < -0.4 is 0 Å². The first-order chi connectivity index (χ1) is 12.3. The van der Waals surface area contributed by atoms with E-state index >= 15 is 0 Å². The zero-order chi connectivity index (χ0) is 20.9. The van der Waals surface area contributed by atoms with Crippen molar-refractivity contribution in [1.29, 1.82) is 0 Å². The molecule has 0 N–H and O–H groups in total. The van der Waals surface area contributed by atoms with E-state index in [4.69, 9.17) is 13.9 Å². The molecule has 1 unspecified atom stereocenters. The molecule has 0 heterocycles. The van der Waals surface area contributed by atoms with E-state index in [1.54, 1.807) is 24.3 Å². The number of sulfone groups is 1. The van der Waals surface area contributed by atoms with Crippen LogP contribution in [0.4, 0.5) is 0 Å². The maximum absolute atomic E-state index is 13.2. The molecule has 0 aliphatic carbocycles. The SMILES string of the molecule is COC(CC(C[C@H](C)O[Si](C)(C)C(C)(C)C)S(=O)(=O)c1ccccc1)OC. The number of ether oxygens (including phenoxy) is 2. The monoisotopic (exact) mass is 416 g/mol. The Hall–Kier alpha value is -0.733. The van der Waals surface area contributed by atoms with E-state index in [-0.39, 0.29) is 17.6 Å². The fourth-order valence-corrected chi connectivity index (χ4v) is 6.07. The normalized spacial score (nSPS) is 15.7. The van der Waals surface area contributed by atoms with E-state index in [1.165, 1.54) is 14.2 Å². The predicted molar refractivity (Wildman–Crippen MR) is 112 cm³/mol. The van der Waals surface area contributed by atoms with Gasteiger partial charge in [0.05, 0.1) is 10.1 Å². The molecule has 0 bridgehead atoms. The van der Waals surface area contributed by atoms with Gasteiger partial charge in [0.15, 0.2) is 24.4 Å². The number of methoxy groups -OCH3 is 2. The van der Waals surface area contributed by atoms with Crippen LogP contribution >= 0.6 is 0 Å². The van der Waals surface area contributed by atoms with Crippen molar-refractivity contribution >= 4 is 18.2 Å². The van der Waals surface area contributed by atoms with Crippen molar-refractivity contribution in [2.24, 2.45) is 0 Å². The predicted octanol–water partition coefficient (Wildman–Crippen LogP) is 4.64. The summed E-state index contributed by atoms with van der Waals surface area (Å²) in [6, 6.07) is 8.56. The molecule has 0 aliphatic rings. The molecule has 27 heavy (non-hydrogen) atoms. The Bertz CT molecular complexity index is 663. The maximum atomic E-state index is 13.2. The Kier molecular flexibility index (Phi) is 8.69. The molecule has 0 radical (unpaired) electrons. The van der Waals surface area contributed by atoms with Crippen molar-refractivity contribution in [2.75, 3.05) is 14.2 Å². The highest BCUT2D eigenvalue weighted by molar-refractivity contribution is 7.92. The quantitative estimate of drug-likeness (QED) is 0.411. The molecule has 1 rings (SSSR count). The smallest absolute Gasteiger partial charge is 0.192 e. The molecule has 1 aromatic carbocycles. The van der Waals surface area contributed by atoms with Gasteiger partial charge in [-0.25, -0.2) is 8.42 Å². The lowest BCUT2D eigenvalue weighted by Crippen LogP contribution is -2.44. The zero-order valence-electron chi connectivity index (χ0n) is 18.0. The topological polar surface area (TPSA) is 61.8 Å². The van der Waals surface area contributed by atoms with Crippen molar-refractivity contribution in [3.63, 3.8) is 0 Å². The maximum Gasteiger partial charge on any atom is 0.192 e. The number of benzene rings is 1. The van der Waals surface area contributed by atoms with Gasteiger partial charge in [0.1, 0.15) is 0 Å². The minimum absolute atomic E-state index is 0.0661. The second-order valence-electron chi connectivity index (χ2n) is 8.54. The third kappa shape index (κ3) is 6.68. The lowest BCUT2D eigenvalue weighted by molar-refractivity contribution is -0.107. The minimum atomic E-state index is -3.53. The Morgan fingerprint density at radius 3 is 1.96 bits per heavy atom. The van der Waals surface area contributed by atoms with Crippen LogP contribution in [0.2, 0.25) is 18.1 Å². The third-order valence-electron chi connectivity index (χ3n) is 5.39. The van der Waals surface area contributed by atoms with Gasteiger partial charge in [0, 0.05) is 26.7 Å². The number of rotatable bonds is 10. The highest BCUT2D eigenvalue weighted by atomic mass is 32.2. The van der Waals surface area contributed by atoms with E-state index in [2.05, 4.69) is 33.9 Å². The summed E-state index contributed by atoms with van der Waals surface area (Å²) in [5.74, 6) is 0. The van der Waals surface area contributed by atoms with E-state index < -0.39 is 29.7 Å². The van der Waals surface area contributed by atoms with Crippen LogP contribution in [0, 0.1) is 0 Å². The Balaban J connectivity index is 3.09. The molecule has 1 aromatic rings. The standard InChI is InChI=1S/C20H36O5SSi/c1-16(25-27(7,8)20(2,3)4)14-18(15-19(23-5)24-6)26(21,22)17-12-10-9-11-13-17/h9-13,16,18-19H,14-15H2,1-8H3/t16-,18?/m0/s1. The highest BCUT2D eigenvalue weighted by Crippen LogP contribution is 2.38. The second-order valence-corrected chi connectivity index (χ2v) is 15.5. The van der Waals surface area contributed by atoms with Crippen molar-refractivity contribution in [2.45, 2.75) is 81.2 Å². The minimum Gasteiger partial charge on any atom is -0.414 e. The fraction of sp³-hybridized carbons (Fsp3) is 0.700. The second kappa shape index (κ2) is 9.65. The average molecular weight is 417 g/mol. The highest BCUT2D eigenvalue weighted by Gasteiger charge is 2.40. The molecule has 0 saturated heterocycles. The zero-order valence-corrected chi connectivity index (χ0v) is 19.8. The van der Waals surface area contributed by atoms with Gasteiger partial charge in [-0.1, -0.05) is 39.0 Å². The van der Waals surface area contributed by atoms with Gasteiger partial charge < -0.3 is 13.9 Å². The van der Waals surface area contributed by atoms with Gasteiger partial charge in [0.2, 0.25) is 0 Å². The largest absolute Gasteiger partial charge is 0.414 e. The van der Waals surface area contributed by atoms with Crippen LogP contribution in [0.25, 0.3) is 0 Å². The first-order valence-corrected chi connectivity index (χ1v) is 13.8. The molecule has 0 saturated carbocycles. The first-order valence-electron chi connectivity index (χ1n) is 9.37. The molecular formula is C20H36O5SSi. The fourth-order valence-electron chi connectivity index (χ4n) is 2.75. The van der Waals surface area contributed by atoms with Crippen molar-refractivity contribution < 1.29 is 22.3 Å². The van der Waals surface area contributed by atoms with Crippen LogP contribution in [-0.4, -0.2) is 48.6 Å². The van der Waals surface area contributed by atoms with Gasteiger partial charge in [-0.2, -0.15) is 0 Å². The Morgan fingerprint density at radius 1 is 1.00 bits per heavy atom. The molecule has 0 fully saturated rings. The molecule has 5 nitrogen and oxygen atoms in total. The first kappa shape index (κ1) is 24.3. The molecule has 0 aromatic heterocycles.